The summed E-state index contributed by atoms with van der Waals surface area (Å²) in [6.07, 6.45) is 1.08. The van der Waals surface area contributed by atoms with E-state index in [1.54, 1.807) is 35.2 Å². The van der Waals surface area contributed by atoms with E-state index in [1.807, 2.05) is 26.8 Å². The molecule has 0 aromatic heterocycles. The summed E-state index contributed by atoms with van der Waals surface area (Å²) in [7, 11) is -2.61. The van der Waals surface area contributed by atoms with E-state index in [0.29, 0.717) is 13.0 Å². The number of amides is 1. The lowest BCUT2D eigenvalue weighted by atomic mass is 9.82. The quantitative estimate of drug-likeness (QED) is 0.405. The highest BCUT2D eigenvalue weighted by atomic mass is 32.2. The lowest BCUT2D eigenvalue weighted by Gasteiger charge is -2.39. The Morgan fingerprint density at radius 1 is 1.11 bits per heavy atom. The van der Waals surface area contributed by atoms with Gasteiger partial charge in [0.15, 0.2) is 0 Å². The number of carbonyl (C=O) groups excluding carboxylic acids is 1. The van der Waals surface area contributed by atoms with Crippen molar-refractivity contribution in [3.63, 3.8) is 0 Å². The van der Waals surface area contributed by atoms with Crippen LogP contribution in [0.1, 0.15) is 69.8 Å². The van der Waals surface area contributed by atoms with Crippen LogP contribution in [0.2, 0.25) is 0 Å². The minimum atomic E-state index is -2.61. The molecule has 1 unspecified atom stereocenters. The molecular formula is C25H34N2O7S. The summed E-state index contributed by atoms with van der Waals surface area (Å²) in [4.78, 5) is 14.3. The molecule has 1 aliphatic rings. The van der Waals surface area contributed by atoms with Gasteiger partial charge >= 0.3 is 16.6 Å². The fourth-order valence-corrected chi connectivity index (χ4v) is 4.00. The van der Waals surface area contributed by atoms with Crippen LogP contribution >= 0.6 is 0 Å². The molecule has 35 heavy (non-hydrogen) atoms. The molecule has 0 radical (unpaired) electrons. The van der Waals surface area contributed by atoms with Gasteiger partial charge in [-0.3, -0.25) is 4.90 Å². The number of rotatable bonds is 7. The smallest absolute Gasteiger partial charge is 0.415 e. The number of phenolic OH excluding ortho intramolecular Hbond substituents is 2. The number of hydrogen-bond donors (Lipinski definition) is 4. The highest BCUT2D eigenvalue weighted by molar-refractivity contribution is 7.60. The van der Waals surface area contributed by atoms with Crippen molar-refractivity contribution in [2.24, 2.45) is 5.41 Å². The highest BCUT2D eigenvalue weighted by Crippen LogP contribution is 2.41. The van der Waals surface area contributed by atoms with Gasteiger partial charge in [-0.1, -0.05) is 19.9 Å². The van der Waals surface area contributed by atoms with Crippen molar-refractivity contribution in [1.29, 1.82) is 4.78 Å². The van der Waals surface area contributed by atoms with Gasteiger partial charge in [-0.15, -0.1) is 0 Å². The maximum atomic E-state index is 12.7. The van der Waals surface area contributed by atoms with Crippen molar-refractivity contribution in [3.05, 3.63) is 53.1 Å². The predicted molar refractivity (Wildman–Crippen MR) is 132 cm³/mol. The normalized spacial score (nSPS) is 15.4. The first-order valence-electron chi connectivity index (χ1n) is 11.2. The molecule has 9 nitrogen and oxygen atoms in total. The Labute approximate surface area is 207 Å². The summed E-state index contributed by atoms with van der Waals surface area (Å²) in [5, 5.41) is 30.1. The number of carbonyl (C=O) groups is 1. The molecule has 2 aromatic carbocycles. The lowest BCUT2D eigenvalue weighted by molar-refractivity contribution is 0.0343. The van der Waals surface area contributed by atoms with Gasteiger partial charge in [0.1, 0.15) is 17.1 Å². The lowest BCUT2D eigenvalue weighted by Crippen LogP contribution is -2.44. The molecule has 0 fully saturated rings. The second-order valence-corrected chi connectivity index (χ2v) is 10.5. The van der Waals surface area contributed by atoms with Crippen LogP contribution < -0.4 is 4.90 Å². The number of aliphatic hydroxyl groups excluding tert-OH is 1. The topological polar surface area (TPSA) is 148 Å². The van der Waals surface area contributed by atoms with Crippen LogP contribution in [0.15, 0.2) is 36.4 Å². The Hall–Kier alpha value is -3.11. The van der Waals surface area contributed by atoms with E-state index in [0.717, 1.165) is 35.2 Å². The van der Waals surface area contributed by atoms with Gasteiger partial charge in [-0.2, -0.15) is 13.2 Å². The van der Waals surface area contributed by atoms with Crippen molar-refractivity contribution < 1.29 is 33.3 Å². The SMILES string of the molecule is Cc1cc(C(O)CCC(C)(C)CCN2C(=O)OC(C)(C)c3cc(O)ccc32)ccc1O.N=S(=O)=O. The fraction of sp³-hybridized carbons (Fsp3) is 0.480. The standard InChI is InChI=1S/C25H33NO5.HNO2S/c1-16-14-17(6-9-21(16)28)22(29)10-11-24(2,3)12-13-26-20-8-7-18(27)15-19(20)25(4,5)31-23(26)30;1-4(2)3/h6-9,14-15,22,27-29H,10-13H2,1-5H3;1H. The molecule has 192 valence electrons. The summed E-state index contributed by atoms with van der Waals surface area (Å²) in [6.45, 7) is 10.2. The molecule has 0 bridgehead atoms. The maximum Gasteiger partial charge on any atom is 0.415 e. The first kappa shape index (κ1) is 28.1. The summed E-state index contributed by atoms with van der Waals surface area (Å²) in [5.41, 5.74) is 2.16. The number of fused-ring (bicyclic) bond motifs is 1. The number of anilines is 1. The summed E-state index contributed by atoms with van der Waals surface area (Å²) in [5.74, 6) is 0.366. The van der Waals surface area contributed by atoms with Crippen LogP contribution in [0.3, 0.4) is 0 Å². The molecule has 0 aliphatic carbocycles. The zero-order valence-corrected chi connectivity index (χ0v) is 21.5. The van der Waals surface area contributed by atoms with Gasteiger partial charge in [0.25, 0.3) is 0 Å². The minimum Gasteiger partial charge on any atom is -0.508 e. The molecule has 2 aromatic rings. The van der Waals surface area contributed by atoms with Gasteiger partial charge in [0.2, 0.25) is 0 Å². The summed E-state index contributed by atoms with van der Waals surface area (Å²) >= 11 is 0. The Morgan fingerprint density at radius 2 is 1.74 bits per heavy atom. The number of nitrogens with one attached hydrogen (secondary N) is 1. The molecule has 1 heterocycles. The summed E-state index contributed by atoms with van der Waals surface area (Å²) in [6, 6.07) is 10.2. The third-order valence-corrected chi connectivity index (χ3v) is 6.19. The molecule has 0 spiro atoms. The van der Waals surface area contributed by atoms with Crippen molar-refractivity contribution in [2.45, 2.75) is 65.6 Å². The van der Waals surface area contributed by atoms with Gasteiger partial charge in [-0.25, -0.2) is 4.79 Å². The number of phenols is 2. The minimum absolute atomic E-state index is 0.114. The second kappa shape index (κ2) is 11.1. The number of hydrogen-bond acceptors (Lipinski definition) is 8. The predicted octanol–water partition coefficient (Wildman–Crippen LogP) is 5.16. The van der Waals surface area contributed by atoms with Crippen molar-refractivity contribution >= 4 is 22.3 Å². The average Bonchev–Trinajstić information content (AvgIpc) is 2.73. The van der Waals surface area contributed by atoms with E-state index in [-0.39, 0.29) is 16.9 Å². The number of cyclic esters (lactones) is 1. The van der Waals surface area contributed by atoms with Crippen molar-refractivity contribution in [3.8, 4) is 11.5 Å². The van der Waals surface area contributed by atoms with Gasteiger partial charge in [-0.05, 0) is 86.9 Å². The van der Waals surface area contributed by atoms with E-state index in [9.17, 15) is 20.1 Å². The van der Waals surface area contributed by atoms with Gasteiger partial charge < -0.3 is 20.1 Å². The zero-order valence-electron chi connectivity index (χ0n) is 20.7. The van der Waals surface area contributed by atoms with Gasteiger partial charge in [0.05, 0.1) is 11.8 Å². The van der Waals surface area contributed by atoms with E-state index in [1.165, 1.54) is 0 Å². The molecule has 1 atom stereocenters. The molecular weight excluding hydrogens is 472 g/mol. The van der Waals surface area contributed by atoms with Crippen molar-refractivity contribution in [1.82, 2.24) is 0 Å². The van der Waals surface area contributed by atoms with Crippen LogP contribution in [0.4, 0.5) is 10.5 Å². The van der Waals surface area contributed by atoms with E-state index >= 15 is 0 Å². The molecule has 10 heteroatoms. The molecule has 4 N–H and O–H groups in total. The number of nitrogens with zero attached hydrogens (tertiary/aromatic N) is 1. The zero-order chi connectivity index (χ0) is 26.6. The van der Waals surface area contributed by atoms with Crippen LogP contribution in [-0.2, 0) is 20.8 Å². The van der Waals surface area contributed by atoms with E-state index < -0.39 is 28.3 Å². The highest BCUT2D eigenvalue weighted by Gasteiger charge is 2.39. The number of ether oxygens (including phenoxy) is 1. The molecule has 0 saturated carbocycles. The Kier molecular flexibility index (Phi) is 8.91. The van der Waals surface area contributed by atoms with Crippen molar-refractivity contribution in [2.75, 3.05) is 11.4 Å². The largest absolute Gasteiger partial charge is 0.508 e. The maximum absolute atomic E-state index is 12.7. The number of aliphatic hydroxyl groups is 1. The molecule has 0 saturated heterocycles. The third-order valence-electron chi connectivity index (χ3n) is 6.19. The first-order chi connectivity index (χ1) is 16.1. The van der Waals surface area contributed by atoms with E-state index in [2.05, 4.69) is 13.8 Å². The Bertz CT molecular complexity index is 1170. The number of aryl methyl sites for hydroxylation is 1. The monoisotopic (exact) mass is 506 g/mol. The molecule has 3 rings (SSSR count). The van der Waals surface area contributed by atoms with Crippen LogP contribution in [0.25, 0.3) is 0 Å². The van der Waals surface area contributed by atoms with Crippen LogP contribution in [0, 0.1) is 17.1 Å². The Balaban J connectivity index is 0.00000100. The summed E-state index contributed by atoms with van der Waals surface area (Å²) < 4.78 is 28.5. The Morgan fingerprint density at radius 3 is 2.34 bits per heavy atom. The number of aromatic hydroxyl groups is 2. The first-order valence-corrected chi connectivity index (χ1v) is 12.3. The van der Waals surface area contributed by atoms with Crippen LogP contribution in [0.5, 0.6) is 11.5 Å². The third kappa shape index (κ3) is 7.69. The molecule has 1 aliphatic heterocycles. The fourth-order valence-electron chi connectivity index (χ4n) is 4.00. The van der Waals surface area contributed by atoms with E-state index in [4.69, 9.17) is 17.9 Å². The number of benzene rings is 2. The molecule has 1 amide bonds. The van der Waals surface area contributed by atoms with Gasteiger partial charge in [0, 0.05) is 12.1 Å². The second-order valence-electron chi connectivity index (χ2n) is 9.98. The average molecular weight is 507 g/mol. The van der Waals surface area contributed by atoms with Crippen LogP contribution in [-0.4, -0.2) is 36.4 Å².